The van der Waals surface area contributed by atoms with Crippen molar-refractivity contribution in [2.75, 3.05) is 0 Å². The lowest BCUT2D eigenvalue weighted by molar-refractivity contribution is -0.304. The number of hydrogen-bond donors (Lipinski definition) is 0. The maximum Gasteiger partial charge on any atom is 0.317 e. The Labute approximate surface area is 138 Å². The molecule has 1 saturated heterocycles. The predicted molar refractivity (Wildman–Crippen MR) is 84.5 cm³/mol. The summed E-state index contributed by atoms with van der Waals surface area (Å²) in [7, 11) is 0. The van der Waals surface area contributed by atoms with Crippen LogP contribution in [-0.2, 0) is 19.1 Å². The molecular formula is C19H28O4. The minimum atomic E-state index is -0.854. The van der Waals surface area contributed by atoms with Gasteiger partial charge in [-0.05, 0) is 43.9 Å². The number of ether oxygens (including phenoxy) is 2. The molecule has 0 N–H and O–H groups in total. The van der Waals surface area contributed by atoms with Gasteiger partial charge in [0.2, 0.25) is 5.79 Å². The second kappa shape index (κ2) is 4.81. The number of carbonyl (C=O) groups excluding carboxylic acids is 2. The summed E-state index contributed by atoms with van der Waals surface area (Å²) in [6.07, 6.45) is 6.98. The molecule has 4 heteroatoms. The second-order valence-electron chi connectivity index (χ2n) is 8.83. The number of rotatable bonds is 0. The molecule has 0 radical (unpaired) electrons. The Balaban J connectivity index is 1.85. The number of ketones is 1. The molecule has 3 saturated carbocycles. The number of hydrogen-bond acceptors (Lipinski definition) is 4. The van der Waals surface area contributed by atoms with Crippen molar-refractivity contribution in [3.8, 4) is 0 Å². The monoisotopic (exact) mass is 320 g/mol. The average Bonchev–Trinajstić information content (AvgIpc) is 2.99. The fourth-order valence-electron chi connectivity index (χ4n) is 6.25. The van der Waals surface area contributed by atoms with Crippen LogP contribution in [0.1, 0.15) is 72.1 Å². The minimum absolute atomic E-state index is 0.0569. The van der Waals surface area contributed by atoms with Gasteiger partial charge in [-0.15, -0.1) is 0 Å². The molecular weight excluding hydrogens is 292 g/mol. The summed E-state index contributed by atoms with van der Waals surface area (Å²) >= 11 is 0. The summed E-state index contributed by atoms with van der Waals surface area (Å²) in [6, 6.07) is 0. The number of esters is 1. The van der Waals surface area contributed by atoms with Crippen LogP contribution >= 0.6 is 0 Å². The Morgan fingerprint density at radius 1 is 1.09 bits per heavy atom. The highest BCUT2D eigenvalue weighted by Crippen LogP contribution is 2.69. The van der Waals surface area contributed by atoms with Crippen molar-refractivity contribution < 1.29 is 19.1 Å². The summed E-state index contributed by atoms with van der Waals surface area (Å²) in [5, 5.41) is 0. The Morgan fingerprint density at radius 3 is 2.65 bits per heavy atom. The Hall–Kier alpha value is -0.900. The summed E-state index contributed by atoms with van der Waals surface area (Å²) in [5.74, 6) is 0.284. The van der Waals surface area contributed by atoms with Crippen molar-refractivity contribution in [3.63, 3.8) is 0 Å². The molecule has 2 bridgehead atoms. The van der Waals surface area contributed by atoms with E-state index in [4.69, 9.17) is 9.47 Å². The molecule has 2 unspecified atom stereocenters. The van der Waals surface area contributed by atoms with Crippen LogP contribution in [0.15, 0.2) is 0 Å². The normalized spacial score (nSPS) is 48.7. The van der Waals surface area contributed by atoms with E-state index in [0.29, 0.717) is 36.9 Å². The van der Waals surface area contributed by atoms with Gasteiger partial charge in [0.25, 0.3) is 0 Å². The SMILES string of the molecule is C[C@@H]1CCC(=O)CCC23C[C@@H]4CCC[C@]41C2OC(C)(C)OC3=O. The minimum Gasteiger partial charge on any atom is -0.433 e. The van der Waals surface area contributed by atoms with Gasteiger partial charge in [0.1, 0.15) is 5.78 Å². The lowest BCUT2D eigenvalue weighted by Crippen LogP contribution is -2.59. The van der Waals surface area contributed by atoms with Crippen molar-refractivity contribution in [2.45, 2.75) is 84.0 Å². The van der Waals surface area contributed by atoms with Crippen molar-refractivity contribution in [1.82, 2.24) is 0 Å². The summed E-state index contributed by atoms with van der Waals surface area (Å²) < 4.78 is 12.1. The lowest BCUT2D eigenvalue weighted by atomic mass is 9.65. The number of carbonyl (C=O) groups is 2. The van der Waals surface area contributed by atoms with Gasteiger partial charge in [-0.2, -0.15) is 0 Å². The molecule has 3 aliphatic carbocycles. The summed E-state index contributed by atoms with van der Waals surface area (Å²) in [6.45, 7) is 5.98. The molecule has 0 aromatic heterocycles. The molecule has 4 nitrogen and oxygen atoms in total. The van der Waals surface area contributed by atoms with Crippen LogP contribution in [-0.4, -0.2) is 23.6 Å². The molecule has 128 valence electrons. The fourth-order valence-corrected chi connectivity index (χ4v) is 6.25. The third-order valence-corrected chi connectivity index (χ3v) is 7.29. The smallest absolute Gasteiger partial charge is 0.317 e. The first-order valence-corrected chi connectivity index (χ1v) is 9.23. The van der Waals surface area contributed by atoms with Gasteiger partial charge < -0.3 is 9.47 Å². The zero-order chi connectivity index (χ0) is 16.5. The fraction of sp³-hybridized carbons (Fsp3) is 0.895. The van der Waals surface area contributed by atoms with Crippen molar-refractivity contribution >= 4 is 11.8 Å². The second-order valence-corrected chi connectivity index (χ2v) is 8.83. The summed E-state index contributed by atoms with van der Waals surface area (Å²) in [4.78, 5) is 25.2. The molecule has 1 aliphatic heterocycles. The Morgan fingerprint density at radius 2 is 1.87 bits per heavy atom. The van der Waals surface area contributed by atoms with E-state index < -0.39 is 11.2 Å². The lowest BCUT2D eigenvalue weighted by Gasteiger charge is -2.50. The molecule has 0 aromatic carbocycles. The molecule has 23 heavy (non-hydrogen) atoms. The Bertz CT molecular complexity index is 554. The van der Waals surface area contributed by atoms with E-state index in [0.717, 1.165) is 19.3 Å². The van der Waals surface area contributed by atoms with Gasteiger partial charge >= 0.3 is 5.97 Å². The first-order valence-electron chi connectivity index (χ1n) is 9.23. The number of Topliss-reactive ketones (excluding diaryl/α,β-unsaturated/α-hetero) is 1. The zero-order valence-electron chi connectivity index (χ0n) is 14.5. The highest BCUT2D eigenvalue weighted by Gasteiger charge is 2.71. The zero-order valence-corrected chi connectivity index (χ0v) is 14.5. The van der Waals surface area contributed by atoms with Crippen LogP contribution < -0.4 is 0 Å². The quantitative estimate of drug-likeness (QED) is 0.640. The topological polar surface area (TPSA) is 52.6 Å². The standard InChI is InChI=1S/C19H28O4/c1-12-6-7-14(20)8-10-18-11-13-5-4-9-19(12,13)15(18)22-17(2,3)23-16(18)21/h12-13,15H,4-11H2,1-3H3/t12-,13+,15?,18?,19-/m1/s1. The highest BCUT2D eigenvalue weighted by molar-refractivity contribution is 5.83. The molecule has 0 amide bonds. The van der Waals surface area contributed by atoms with Gasteiger partial charge in [0, 0.05) is 32.1 Å². The van der Waals surface area contributed by atoms with Gasteiger partial charge in [-0.25, -0.2) is 0 Å². The maximum absolute atomic E-state index is 13.0. The van der Waals surface area contributed by atoms with E-state index in [1.165, 1.54) is 12.8 Å². The van der Waals surface area contributed by atoms with Gasteiger partial charge in [-0.3, -0.25) is 9.59 Å². The Kier molecular flexibility index (Phi) is 3.27. The van der Waals surface area contributed by atoms with E-state index >= 15 is 0 Å². The molecule has 1 heterocycles. The largest absolute Gasteiger partial charge is 0.433 e. The van der Waals surface area contributed by atoms with Gasteiger partial charge in [0.05, 0.1) is 11.5 Å². The van der Waals surface area contributed by atoms with Crippen LogP contribution in [0.5, 0.6) is 0 Å². The first-order chi connectivity index (χ1) is 10.8. The first kappa shape index (κ1) is 15.6. The van der Waals surface area contributed by atoms with E-state index in [1.807, 2.05) is 13.8 Å². The third-order valence-electron chi connectivity index (χ3n) is 7.29. The van der Waals surface area contributed by atoms with Crippen LogP contribution in [0, 0.1) is 22.7 Å². The van der Waals surface area contributed by atoms with Crippen LogP contribution in [0.25, 0.3) is 0 Å². The van der Waals surface area contributed by atoms with E-state index in [2.05, 4.69) is 6.92 Å². The average molecular weight is 320 g/mol. The number of cyclic esters (lactones) is 1. The van der Waals surface area contributed by atoms with E-state index in [-0.39, 0.29) is 17.5 Å². The van der Waals surface area contributed by atoms with Crippen LogP contribution in [0.4, 0.5) is 0 Å². The summed E-state index contributed by atoms with van der Waals surface area (Å²) in [5.41, 5.74) is -0.532. The molecule has 1 spiro atoms. The van der Waals surface area contributed by atoms with E-state index in [9.17, 15) is 9.59 Å². The molecule has 5 atom stereocenters. The maximum atomic E-state index is 13.0. The van der Waals surface area contributed by atoms with Crippen LogP contribution in [0.2, 0.25) is 0 Å². The highest BCUT2D eigenvalue weighted by atomic mass is 16.7. The molecule has 0 aromatic rings. The van der Waals surface area contributed by atoms with Crippen molar-refractivity contribution in [2.24, 2.45) is 22.7 Å². The third kappa shape index (κ3) is 2.00. The van der Waals surface area contributed by atoms with Crippen molar-refractivity contribution in [3.05, 3.63) is 0 Å². The van der Waals surface area contributed by atoms with Gasteiger partial charge in [0.15, 0.2) is 0 Å². The van der Waals surface area contributed by atoms with Crippen LogP contribution in [0.3, 0.4) is 0 Å². The molecule has 4 rings (SSSR count). The molecule has 4 fully saturated rings. The van der Waals surface area contributed by atoms with E-state index in [1.54, 1.807) is 0 Å². The molecule has 4 aliphatic rings. The predicted octanol–water partition coefficient (Wildman–Crippen LogP) is 3.62. The van der Waals surface area contributed by atoms with Gasteiger partial charge in [-0.1, -0.05) is 13.3 Å². The van der Waals surface area contributed by atoms with Crippen molar-refractivity contribution in [1.29, 1.82) is 0 Å².